The summed E-state index contributed by atoms with van der Waals surface area (Å²) in [5.74, 6) is 0. The van der Waals surface area contributed by atoms with Gasteiger partial charge in [-0.3, -0.25) is 10.1 Å². The Morgan fingerprint density at radius 2 is 1.93 bits per heavy atom. The molecule has 78 valence electrons. The van der Waals surface area contributed by atoms with Crippen molar-refractivity contribution in [1.29, 1.82) is 0 Å². The summed E-state index contributed by atoms with van der Waals surface area (Å²) in [5.41, 5.74) is 5.81. The number of nitrogen functional groups attached to an aromatic ring is 1. The summed E-state index contributed by atoms with van der Waals surface area (Å²) in [6.45, 7) is 0. The van der Waals surface area contributed by atoms with Crippen LogP contribution in [0.15, 0.2) is 46.1 Å². The molecule has 0 saturated heterocycles. The molecule has 1 heterocycles. The molecule has 1 aliphatic heterocycles. The van der Waals surface area contributed by atoms with Crippen LogP contribution in [0.25, 0.3) is 0 Å². The van der Waals surface area contributed by atoms with Crippen molar-refractivity contribution in [2.45, 2.75) is 4.90 Å². The van der Waals surface area contributed by atoms with Crippen molar-refractivity contribution in [3.8, 4) is 0 Å². The van der Waals surface area contributed by atoms with E-state index in [2.05, 4.69) is 10.8 Å². The molecule has 15 heavy (non-hydrogen) atoms. The van der Waals surface area contributed by atoms with Crippen LogP contribution in [0.5, 0.6) is 0 Å². The fourth-order valence-electron chi connectivity index (χ4n) is 1.38. The predicted octanol–water partition coefficient (Wildman–Crippen LogP) is 2.58. The zero-order chi connectivity index (χ0) is 10.8. The molecule has 0 atom stereocenters. The van der Waals surface area contributed by atoms with E-state index < -0.39 is 15.8 Å². The second kappa shape index (κ2) is 3.78. The molecule has 5 heteroatoms. The highest BCUT2D eigenvalue weighted by Crippen LogP contribution is 2.43. The highest BCUT2D eigenvalue weighted by Gasteiger charge is 2.12. The molecule has 4 nitrogen and oxygen atoms in total. The zero-order valence-electron chi connectivity index (χ0n) is 7.83. The number of anilines is 1. The molecule has 2 N–H and O–H groups in total. The van der Waals surface area contributed by atoms with Gasteiger partial charge in [-0.2, -0.15) is 10.9 Å². The molecule has 1 aromatic rings. The molecule has 0 saturated carbocycles. The first kappa shape index (κ1) is 9.79. The van der Waals surface area contributed by atoms with Gasteiger partial charge in [0.05, 0.1) is 4.92 Å². The first-order valence-corrected chi connectivity index (χ1v) is 5.84. The van der Waals surface area contributed by atoms with Gasteiger partial charge in [-0.15, -0.1) is 0 Å². The summed E-state index contributed by atoms with van der Waals surface area (Å²) in [6, 6.07) is 4.91. The molecular weight excluding hydrogens is 212 g/mol. The molecule has 0 spiro atoms. The number of allylic oxidation sites excluding steroid dienone is 2. The highest BCUT2D eigenvalue weighted by molar-refractivity contribution is 8.22. The standard InChI is InChI=1S/C10H10N2O2S/c11-9-7-8(15-5-1-2-6-15)3-4-10(9)12(13)14/h1-7,15H,11H2. The molecule has 2 rings (SSSR count). The molecule has 0 aliphatic carbocycles. The van der Waals surface area contributed by atoms with Crippen LogP contribution in [0, 0.1) is 10.1 Å². The maximum atomic E-state index is 10.6. The van der Waals surface area contributed by atoms with E-state index in [0.29, 0.717) is 0 Å². The van der Waals surface area contributed by atoms with Gasteiger partial charge in [-0.05, 0) is 27.8 Å². The van der Waals surface area contributed by atoms with E-state index in [4.69, 9.17) is 5.73 Å². The number of thiol groups is 1. The minimum atomic E-state index is -0.466. The molecule has 0 radical (unpaired) electrons. The molecule has 0 aromatic heterocycles. The maximum absolute atomic E-state index is 10.6. The van der Waals surface area contributed by atoms with E-state index in [1.54, 1.807) is 12.1 Å². The van der Waals surface area contributed by atoms with Crippen LogP contribution in [0.3, 0.4) is 0 Å². The van der Waals surface area contributed by atoms with E-state index >= 15 is 0 Å². The Kier molecular flexibility index (Phi) is 2.47. The molecule has 1 aliphatic rings. The van der Waals surface area contributed by atoms with Crippen molar-refractivity contribution >= 4 is 22.3 Å². The lowest BCUT2D eigenvalue weighted by atomic mass is 10.3. The second-order valence-electron chi connectivity index (χ2n) is 3.09. The number of nitro groups is 1. The summed E-state index contributed by atoms with van der Waals surface area (Å²) >= 11 is 0. The highest BCUT2D eigenvalue weighted by atomic mass is 32.2. The van der Waals surface area contributed by atoms with Crippen LogP contribution in [0.2, 0.25) is 0 Å². The van der Waals surface area contributed by atoms with E-state index in [1.807, 2.05) is 12.2 Å². The summed E-state index contributed by atoms with van der Waals surface area (Å²) < 4.78 is 0. The Balaban J connectivity index is 2.37. The normalized spacial score (nSPS) is 15.9. The average Bonchev–Trinajstić information content (AvgIpc) is 2.69. The number of nitrogens with zero attached hydrogens (tertiary/aromatic N) is 1. The first-order chi connectivity index (χ1) is 7.18. The van der Waals surface area contributed by atoms with E-state index in [-0.39, 0.29) is 11.4 Å². The number of benzene rings is 1. The van der Waals surface area contributed by atoms with E-state index in [9.17, 15) is 10.1 Å². The predicted molar refractivity (Wildman–Crippen MR) is 63.0 cm³/mol. The van der Waals surface area contributed by atoms with Crippen molar-refractivity contribution < 1.29 is 4.92 Å². The number of rotatable bonds is 2. The molecule has 1 aromatic carbocycles. The second-order valence-corrected chi connectivity index (χ2v) is 5.02. The van der Waals surface area contributed by atoms with Crippen molar-refractivity contribution in [2.24, 2.45) is 0 Å². The number of nitro benzene ring substituents is 1. The van der Waals surface area contributed by atoms with Crippen LogP contribution in [0.4, 0.5) is 11.4 Å². The Bertz CT molecular complexity index is 456. The zero-order valence-corrected chi connectivity index (χ0v) is 8.72. The first-order valence-electron chi connectivity index (χ1n) is 4.36. The van der Waals surface area contributed by atoms with Crippen LogP contribution in [0.1, 0.15) is 0 Å². The summed E-state index contributed by atoms with van der Waals surface area (Å²) in [7, 11) is -0.452. The number of hydrogen-bond acceptors (Lipinski definition) is 3. The van der Waals surface area contributed by atoms with Gasteiger partial charge in [0.15, 0.2) is 0 Å². The number of hydrogen-bond donors (Lipinski definition) is 2. The molecular formula is C10H10N2O2S. The van der Waals surface area contributed by atoms with E-state index in [1.165, 1.54) is 6.07 Å². The minimum Gasteiger partial charge on any atom is -0.393 e. The van der Waals surface area contributed by atoms with Gasteiger partial charge in [0.25, 0.3) is 5.69 Å². The SMILES string of the molecule is Nc1cc([SH]2C=CC=C2)ccc1[N+](=O)[O-]. The summed E-state index contributed by atoms with van der Waals surface area (Å²) in [4.78, 5) is 11.1. The van der Waals surface area contributed by atoms with Crippen molar-refractivity contribution in [2.75, 3.05) is 5.73 Å². The fourth-order valence-corrected chi connectivity index (χ4v) is 2.92. The average molecular weight is 222 g/mol. The number of nitrogens with two attached hydrogens (primary N) is 1. The minimum absolute atomic E-state index is 0.0269. The van der Waals surface area contributed by atoms with Crippen molar-refractivity contribution in [3.63, 3.8) is 0 Å². The van der Waals surface area contributed by atoms with Crippen LogP contribution in [-0.4, -0.2) is 4.92 Å². The van der Waals surface area contributed by atoms with Crippen LogP contribution < -0.4 is 5.73 Å². The Morgan fingerprint density at radius 1 is 1.27 bits per heavy atom. The van der Waals surface area contributed by atoms with Crippen molar-refractivity contribution in [1.82, 2.24) is 0 Å². The van der Waals surface area contributed by atoms with Gasteiger partial charge in [0.2, 0.25) is 0 Å². The van der Waals surface area contributed by atoms with Crippen LogP contribution in [-0.2, 0) is 0 Å². The lowest BCUT2D eigenvalue weighted by molar-refractivity contribution is -0.383. The third-order valence-electron chi connectivity index (χ3n) is 2.11. The largest absolute Gasteiger partial charge is 0.393 e. The molecule has 0 fully saturated rings. The summed E-state index contributed by atoms with van der Waals surface area (Å²) in [5, 5.41) is 14.7. The molecule has 0 amide bonds. The van der Waals surface area contributed by atoms with Gasteiger partial charge in [-0.1, -0.05) is 12.2 Å². The maximum Gasteiger partial charge on any atom is 0.292 e. The monoisotopic (exact) mass is 222 g/mol. The van der Waals surface area contributed by atoms with E-state index in [0.717, 1.165) is 4.90 Å². The smallest absolute Gasteiger partial charge is 0.292 e. The Hall–Kier alpha value is -1.75. The van der Waals surface area contributed by atoms with Crippen LogP contribution >= 0.6 is 10.9 Å². The third-order valence-corrected chi connectivity index (χ3v) is 3.97. The lowest BCUT2D eigenvalue weighted by Gasteiger charge is -2.10. The van der Waals surface area contributed by atoms with Gasteiger partial charge in [0.1, 0.15) is 5.69 Å². The Morgan fingerprint density at radius 3 is 2.47 bits per heavy atom. The lowest BCUT2D eigenvalue weighted by Crippen LogP contribution is -1.95. The molecule has 0 unspecified atom stereocenters. The quantitative estimate of drug-likeness (QED) is 0.350. The third kappa shape index (κ3) is 1.87. The van der Waals surface area contributed by atoms with Gasteiger partial charge in [-0.25, -0.2) is 0 Å². The Labute approximate surface area is 89.6 Å². The fraction of sp³-hybridized carbons (Fsp3) is 0. The van der Waals surface area contributed by atoms with Gasteiger partial charge >= 0.3 is 0 Å². The molecule has 0 bridgehead atoms. The summed E-state index contributed by atoms with van der Waals surface area (Å²) in [6.07, 6.45) is 3.95. The topological polar surface area (TPSA) is 69.2 Å². The van der Waals surface area contributed by atoms with Crippen molar-refractivity contribution in [3.05, 3.63) is 51.3 Å². The van der Waals surface area contributed by atoms with Gasteiger partial charge in [0, 0.05) is 6.07 Å². The van der Waals surface area contributed by atoms with Gasteiger partial charge < -0.3 is 5.73 Å².